The van der Waals surface area contributed by atoms with Crippen LogP contribution in [0.4, 0.5) is 5.95 Å². The van der Waals surface area contributed by atoms with Gasteiger partial charge in [-0.25, -0.2) is 0 Å². The maximum Gasteiger partial charge on any atom is 0.266 e. The maximum atomic E-state index is 9.26. The first-order valence-corrected chi connectivity index (χ1v) is 6.75. The summed E-state index contributed by atoms with van der Waals surface area (Å²) in [5.74, 6) is 1.54. The highest BCUT2D eigenvalue weighted by molar-refractivity contribution is 5.31. The molecule has 0 spiro atoms. The maximum absolute atomic E-state index is 9.26. The molecular weight excluding hydrogens is 256 g/mol. The number of phenols is 1. The zero-order chi connectivity index (χ0) is 13.9. The molecule has 1 aromatic carbocycles. The number of nitrogens with zero attached hydrogens (tertiary/aromatic N) is 4. The zero-order valence-electron chi connectivity index (χ0n) is 11.5. The van der Waals surface area contributed by atoms with Crippen LogP contribution in [-0.4, -0.2) is 53.4 Å². The quantitative estimate of drug-likeness (QED) is 0.904. The summed E-state index contributed by atoms with van der Waals surface area (Å²) in [4.78, 5) is 8.87. The van der Waals surface area contributed by atoms with Crippen molar-refractivity contribution in [2.75, 3.05) is 38.1 Å². The number of phenolic OH excluding ortho intramolecular Hbond substituents is 1. The number of likely N-dealkylation sites (N-methyl/N-ethyl adjacent to an activating group) is 1. The second kappa shape index (κ2) is 5.50. The Labute approximate surface area is 117 Å². The Morgan fingerprint density at radius 2 is 1.85 bits per heavy atom. The number of rotatable bonds is 3. The highest BCUT2D eigenvalue weighted by Gasteiger charge is 2.19. The van der Waals surface area contributed by atoms with Gasteiger partial charge in [-0.05, 0) is 29.9 Å². The molecule has 0 bridgehead atoms. The van der Waals surface area contributed by atoms with Crippen LogP contribution in [0.15, 0.2) is 28.8 Å². The molecule has 0 saturated carbocycles. The third-order valence-electron chi connectivity index (χ3n) is 3.54. The van der Waals surface area contributed by atoms with Crippen molar-refractivity contribution < 1.29 is 9.63 Å². The van der Waals surface area contributed by atoms with E-state index in [2.05, 4.69) is 27.0 Å². The smallest absolute Gasteiger partial charge is 0.266 e. The average Bonchev–Trinajstić information content (AvgIpc) is 2.91. The van der Waals surface area contributed by atoms with Crippen LogP contribution in [0, 0.1) is 0 Å². The van der Waals surface area contributed by atoms with Crippen LogP contribution in [0.5, 0.6) is 5.75 Å². The van der Waals surface area contributed by atoms with Gasteiger partial charge in [0.05, 0.1) is 6.42 Å². The number of anilines is 1. The fourth-order valence-corrected chi connectivity index (χ4v) is 2.24. The molecule has 1 aliphatic rings. The lowest BCUT2D eigenvalue weighted by Crippen LogP contribution is -2.44. The van der Waals surface area contributed by atoms with Gasteiger partial charge < -0.3 is 19.4 Å². The van der Waals surface area contributed by atoms with Gasteiger partial charge >= 0.3 is 0 Å². The first-order chi connectivity index (χ1) is 9.70. The van der Waals surface area contributed by atoms with Crippen LogP contribution < -0.4 is 4.90 Å². The van der Waals surface area contributed by atoms with Gasteiger partial charge in [-0.15, -0.1) is 0 Å². The van der Waals surface area contributed by atoms with E-state index < -0.39 is 0 Å². The summed E-state index contributed by atoms with van der Waals surface area (Å²) in [6.07, 6.45) is 0.584. The lowest BCUT2D eigenvalue weighted by Gasteiger charge is -2.31. The van der Waals surface area contributed by atoms with E-state index in [1.54, 1.807) is 12.1 Å². The van der Waals surface area contributed by atoms with Gasteiger partial charge in [-0.3, -0.25) is 0 Å². The molecule has 1 saturated heterocycles. The van der Waals surface area contributed by atoms with E-state index in [1.165, 1.54) is 0 Å². The molecule has 0 aliphatic carbocycles. The number of aromatic nitrogens is 2. The molecular formula is C14H18N4O2. The molecule has 1 N–H and O–H groups in total. The van der Waals surface area contributed by atoms with Crippen molar-refractivity contribution in [1.29, 1.82) is 0 Å². The minimum atomic E-state index is 0.261. The Morgan fingerprint density at radius 1 is 1.15 bits per heavy atom. The Kier molecular flexibility index (Phi) is 3.56. The molecule has 0 atom stereocenters. The highest BCUT2D eigenvalue weighted by Crippen LogP contribution is 2.16. The lowest BCUT2D eigenvalue weighted by molar-refractivity contribution is 0.308. The summed E-state index contributed by atoms with van der Waals surface area (Å²) < 4.78 is 5.30. The van der Waals surface area contributed by atoms with Crippen molar-refractivity contribution in [2.24, 2.45) is 0 Å². The molecule has 1 aromatic heterocycles. The monoisotopic (exact) mass is 274 g/mol. The Morgan fingerprint density at radius 3 is 2.55 bits per heavy atom. The molecule has 106 valence electrons. The average molecular weight is 274 g/mol. The molecule has 2 aromatic rings. The second-order valence-corrected chi connectivity index (χ2v) is 5.12. The third kappa shape index (κ3) is 2.91. The largest absolute Gasteiger partial charge is 0.508 e. The van der Waals surface area contributed by atoms with Gasteiger partial charge in [0, 0.05) is 26.2 Å². The van der Waals surface area contributed by atoms with Crippen molar-refractivity contribution in [3.63, 3.8) is 0 Å². The molecule has 0 unspecified atom stereocenters. The third-order valence-corrected chi connectivity index (χ3v) is 3.54. The van der Waals surface area contributed by atoms with E-state index in [9.17, 15) is 5.11 Å². The van der Waals surface area contributed by atoms with Crippen LogP contribution in [-0.2, 0) is 6.42 Å². The molecule has 0 radical (unpaired) electrons. The van der Waals surface area contributed by atoms with Gasteiger partial charge in [-0.1, -0.05) is 12.1 Å². The molecule has 6 nitrogen and oxygen atoms in total. The van der Waals surface area contributed by atoms with Crippen molar-refractivity contribution >= 4 is 5.95 Å². The summed E-state index contributed by atoms with van der Waals surface area (Å²) >= 11 is 0. The van der Waals surface area contributed by atoms with E-state index in [-0.39, 0.29) is 5.75 Å². The first-order valence-electron chi connectivity index (χ1n) is 6.75. The predicted molar refractivity (Wildman–Crippen MR) is 74.9 cm³/mol. The van der Waals surface area contributed by atoms with Gasteiger partial charge in [0.25, 0.3) is 5.95 Å². The lowest BCUT2D eigenvalue weighted by atomic mass is 10.1. The Bertz CT molecular complexity index is 559. The molecule has 2 heterocycles. The van der Waals surface area contributed by atoms with Crippen molar-refractivity contribution in [3.05, 3.63) is 35.7 Å². The Balaban J connectivity index is 1.66. The summed E-state index contributed by atoms with van der Waals surface area (Å²) in [5, 5.41) is 13.3. The molecule has 0 amide bonds. The number of benzene rings is 1. The van der Waals surface area contributed by atoms with Crippen molar-refractivity contribution in [1.82, 2.24) is 15.0 Å². The van der Waals surface area contributed by atoms with Gasteiger partial charge in [-0.2, -0.15) is 4.98 Å². The fraction of sp³-hybridized carbons (Fsp3) is 0.429. The van der Waals surface area contributed by atoms with Crippen LogP contribution in [0.25, 0.3) is 0 Å². The first kappa shape index (κ1) is 12.9. The molecule has 1 aliphatic heterocycles. The topological polar surface area (TPSA) is 65.6 Å². The molecule has 1 fully saturated rings. The molecule has 20 heavy (non-hydrogen) atoms. The number of aromatic hydroxyl groups is 1. The van der Waals surface area contributed by atoms with Gasteiger partial charge in [0.15, 0.2) is 0 Å². The minimum absolute atomic E-state index is 0.261. The van der Waals surface area contributed by atoms with Crippen molar-refractivity contribution in [2.45, 2.75) is 6.42 Å². The minimum Gasteiger partial charge on any atom is -0.508 e. The standard InChI is InChI=1S/C14H18N4O2/c1-17-6-8-18(9-7-17)14-15-13(20-16-14)10-11-2-4-12(19)5-3-11/h2-5,19H,6-10H2,1H3. The summed E-state index contributed by atoms with van der Waals surface area (Å²) in [5.41, 5.74) is 1.04. The van der Waals surface area contributed by atoms with Crippen molar-refractivity contribution in [3.8, 4) is 5.75 Å². The van der Waals surface area contributed by atoms with E-state index in [1.807, 2.05) is 12.1 Å². The van der Waals surface area contributed by atoms with E-state index >= 15 is 0 Å². The number of hydrogen-bond acceptors (Lipinski definition) is 6. The van der Waals surface area contributed by atoms with E-state index in [0.29, 0.717) is 18.3 Å². The number of piperazine rings is 1. The zero-order valence-corrected chi connectivity index (χ0v) is 11.5. The van der Waals surface area contributed by atoms with Crippen LogP contribution in [0.3, 0.4) is 0 Å². The number of hydrogen-bond donors (Lipinski definition) is 1. The van der Waals surface area contributed by atoms with Crippen LogP contribution in [0.2, 0.25) is 0 Å². The fourth-order valence-electron chi connectivity index (χ4n) is 2.24. The summed E-state index contributed by atoms with van der Waals surface area (Å²) in [6, 6.07) is 7.03. The van der Waals surface area contributed by atoms with Crippen LogP contribution in [0.1, 0.15) is 11.5 Å². The van der Waals surface area contributed by atoms with E-state index in [4.69, 9.17) is 4.52 Å². The van der Waals surface area contributed by atoms with Crippen LogP contribution >= 0.6 is 0 Å². The SMILES string of the molecule is CN1CCN(c2noc(Cc3ccc(O)cc3)n2)CC1. The normalized spacial score (nSPS) is 16.6. The predicted octanol–water partition coefficient (Wildman–Crippen LogP) is 1.12. The molecule has 3 rings (SSSR count). The van der Waals surface area contributed by atoms with E-state index in [0.717, 1.165) is 31.7 Å². The highest BCUT2D eigenvalue weighted by atomic mass is 16.5. The second-order valence-electron chi connectivity index (χ2n) is 5.12. The molecule has 6 heteroatoms. The Hall–Kier alpha value is -2.08. The van der Waals surface area contributed by atoms with Gasteiger partial charge in [0.2, 0.25) is 5.89 Å². The summed E-state index contributed by atoms with van der Waals surface area (Å²) in [7, 11) is 2.11. The van der Waals surface area contributed by atoms with Gasteiger partial charge in [0.1, 0.15) is 5.75 Å². The summed E-state index contributed by atoms with van der Waals surface area (Å²) in [6.45, 7) is 3.88.